The van der Waals surface area contributed by atoms with E-state index in [1.165, 1.54) is 0 Å². The van der Waals surface area contributed by atoms with Crippen molar-refractivity contribution in [3.63, 3.8) is 0 Å². The highest BCUT2D eigenvalue weighted by Crippen LogP contribution is 2.30. The quantitative estimate of drug-likeness (QED) is 0.714. The van der Waals surface area contributed by atoms with E-state index in [0.717, 1.165) is 5.56 Å². The fraction of sp³-hybridized carbons (Fsp3) is 0.545. The van der Waals surface area contributed by atoms with Gasteiger partial charge < -0.3 is 4.90 Å². The molecule has 0 radical (unpaired) electrons. The Labute approximate surface area is 88.9 Å². The molecule has 2 heterocycles. The molecule has 0 spiro atoms. The molecule has 0 aromatic carbocycles. The first-order valence-corrected chi connectivity index (χ1v) is 5.12. The smallest absolute Gasteiger partial charge is 0.282 e. The van der Waals surface area contributed by atoms with E-state index in [4.69, 9.17) is 0 Å². The first-order chi connectivity index (χ1) is 7.07. The molecule has 2 rings (SSSR count). The molecule has 1 aromatic heterocycles. The van der Waals surface area contributed by atoms with Crippen LogP contribution in [0, 0.1) is 6.92 Å². The van der Waals surface area contributed by atoms with E-state index in [0.29, 0.717) is 5.82 Å². The number of hydrogen-bond acceptors (Lipinski definition) is 2. The topological polar surface area (TPSA) is 16.1 Å². The maximum Gasteiger partial charge on any atom is 0.282 e. The van der Waals surface area contributed by atoms with Gasteiger partial charge in [0.2, 0.25) is 0 Å². The summed E-state index contributed by atoms with van der Waals surface area (Å²) in [5.74, 6) is -1.89. The molecule has 0 amide bonds. The highest BCUT2D eigenvalue weighted by Gasteiger charge is 2.44. The second-order valence-corrected chi connectivity index (χ2v) is 3.41. The van der Waals surface area contributed by atoms with Gasteiger partial charge in [-0.2, -0.15) is 0 Å². The molecule has 0 unspecified atom stereocenters. The third-order valence-electron chi connectivity index (χ3n) is 2.06. The fourth-order valence-electron chi connectivity index (χ4n) is 1.32. The molecule has 1 aliphatic heterocycles. The molecular weight excluding hydrogens is 198 g/mol. The van der Waals surface area contributed by atoms with E-state index in [-0.39, 0.29) is 13.1 Å². The summed E-state index contributed by atoms with van der Waals surface area (Å²) in [6.45, 7) is 5.51. The van der Waals surface area contributed by atoms with Crippen molar-refractivity contribution in [2.24, 2.45) is 0 Å². The predicted octanol–water partition coefficient (Wildman–Crippen LogP) is 2.87. The molecule has 84 valence electrons. The zero-order valence-electron chi connectivity index (χ0n) is 9.30. The van der Waals surface area contributed by atoms with Gasteiger partial charge in [0.15, 0.2) is 0 Å². The number of alkyl halides is 2. The summed E-state index contributed by atoms with van der Waals surface area (Å²) >= 11 is 0. The molecule has 1 saturated heterocycles. The van der Waals surface area contributed by atoms with Gasteiger partial charge in [0.05, 0.1) is 13.1 Å². The molecule has 0 saturated carbocycles. The Hall–Kier alpha value is -1.19. The first kappa shape index (κ1) is 11.9. The van der Waals surface area contributed by atoms with Crippen LogP contribution in [0.2, 0.25) is 0 Å². The number of aromatic nitrogens is 1. The van der Waals surface area contributed by atoms with Crippen molar-refractivity contribution in [3.05, 3.63) is 23.9 Å². The molecule has 0 atom stereocenters. The van der Waals surface area contributed by atoms with Gasteiger partial charge in [0.25, 0.3) is 5.92 Å². The normalized spacial score (nSPS) is 17.5. The minimum Gasteiger partial charge on any atom is -0.344 e. The lowest BCUT2D eigenvalue weighted by molar-refractivity contribution is -0.0267. The Morgan fingerprint density at radius 3 is 2.27 bits per heavy atom. The standard InChI is InChI=1S/C9H10F2N2.C2H6/c1-7-2-3-8(12-4-7)13-5-9(10,11)6-13;1-2/h2-4H,5-6H2,1H3;1-2H3. The summed E-state index contributed by atoms with van der Waals surface area (Å²) in [4.78, 5) is 5.63. The Bertz CT molecular complexity index is 301. The molecule has 1 fully saturated rings. The number of nitrogens with zero attached hydrogens (tertiary/aromatic N) is 2. The van der Waals surface area contributed by atoms with Crippen LogP contribution in [0.4, 0.5) is 14.6 Å². The van der Waals surface area contributed by atoms with Crippen molar-refractivity contribution >= 4 is 5.82 Å². The minimum atomic E-state index is -2.52. The number of aryl methyl sites for hydroxylation is 1. The summed E-state index contributed by atoms with van der Waals surface area (Å²) in [6.07, 6.45) is 1.69. The molecule has 2 nitrogen and oxygen atoms in total. The summed E-state index contributed by atoms with van der Waals surface area (Å²) in [6, 6.07) is 3.64. The minimum absolute atomic E-state index is 0.205. The molecule has 1 aromatic rings. The van der Waals surface area contributed by atoms with E-state index in [1.54, 1.807) is 17.2 Å². The lowest BCUT2D eigenvalue weighted by Gasteiger charge is -2.39. The molecular formula is C11H16F2N2. The van der Waals surface area contributed by atoms with Crippen LogP contribution >= 0.6 is 0 Å². The summed E-state index contributed by atoms with van der Waals surface area (Å²) in [7, 11) is 0. The Morgan fingerprint density at radius 2 is 1.87 bits per heavy atom. The summed E-state index contributed by atoms with van der Waals surface area (Å²) in [5.41, 5.74) is 1.04. The van der Waals surface area contributed by atoms with Gasteiger partial charge in [-0.25, -0.2) is 13.8 Å². The van der Waals surface area contributed by atoms with Gasteiger partial charge in [0, 0.05) is 6.20 Å². The van der Waals surface area contributed by atoms with E-state index in [2.05, 4.69) is 4.98 Å². The summed E-state index contributed by atoms with van der Waals surface area (Å²) in [5, 5.41) is 0. The number of rotatable bonds is 1. The second kappa shape index (κ2) is 4.55. The van der Waals surface area contributed by atoms with Gasteiger partial charge in [-0.15, -0.1) is 0 Å². The fourth-order valence-corrected chi connectivity index (χ4v) is 1.32. The van der Waals surface area contributed by atoms with Crippen LogP contribution in [-0.2, 0) is 0 Å². The average Bonchev–Trinajstić information content (AvgIpc) is 2.18. The maximum atomic E-state index is 12.5. The zero-order valence-corrected chi connectivity index (χ0v) is 9.30. The van der Waals surface area contributed by atoms with Crippen LogP contribution in [-0.4, -0.2) is 24.0 Å². The molecule has 0 bridgehead atoms. The zero-order chi connectivity index (χ0) is 11.5. The van der Waals surface area contributed by atoms with Crippen molar-refractivity contribution in [1.82, 2.24) is 4.98 Å². The third kappa shape index (κ3) is 2.88. The third-order valence-corrected chi connectivity index (χ3v) is 2.06. The Morgan fingerprint density at radius 1 is 1.27 bits per heavy atom. The molecule has 0 N–H and O–H groups in total. The van der Waals surface area contributed by atoms with Crippen molar-refractivity contribution in [2.75, 3.05) is 18.0 Å². The molecule has 15 heavy (non-hydrogen) atoms. The second-order valence-electron chi connectivity index (χ2n) is 3.41. The monoisotopic (exact) mass is 214 g/mol. The largest absolute Gasteiger partial charge is 0.344 e. The van der Waals surface area contributed by atoms with Gasteiger partial charge >= 0.3 is 0 Å². The molecule has 0 aliphatic carbocycles. The van der Waals surface area contributed by atoms with Crippen molar-refractivity contribution in [3.8, 4) is 0 Å². The average molecular weight is 214 g/mol. The molecule has 4 heteroatoms. The van der Waals surface area contributed by atoms with Crippen molar-refractivity contribution < 1.29 is 8.78 Å². The van der Waals surface area contributed by atoms with Crippen molar-refractivity contribution in [2.45, 2.75) is 26.7 Å². The van der Waals surface area contributed by atoms with Crippen LogP contribution in [0.25, 0.3) is 0 Å². The van der Waals surface area contributed by atoms with E-state index in [1.807, 2.05) is 26.8 Å². The van der Waals surface area contributed by atoms with E-state index in [9.17, 15) is 8.78 Å². The number of hydrogen-bond donors (Lipinski definition) is 0. The van der Waals surface area contributed by atoms with Gasteiger partial charge in [-0.05, 0) is 18.6 Å². The van der Waals surface area contributed by atoms with E-state index < -0.39 is 5.92 Å². The lowest BCUT2D eigenvalue weighted by Crippen LogP contribution is -2.56. The highest BCUT2D eigenvalue weighted by atomic mass is 19.3. The first-order valence-electron chi connectivity index (χ1n) is 5.12. The number of halogens is 2. The van der Waals surface area contributed by atoms with Crippen LogP contribution in [0.3, 0.4) is 0 Å². The van der Waals surface area contributed by atoms with E-state index >= 15 is 0 Å². The van der Waals surface area contributed by atoms with Crippen molar-refractivity contribution in [1.29, 1.82) is 0 Å². The number of pyridine rings is 1. The number of anilines is 1. The van der Waals surface area contributed by atoms with Crippen LogP contribution in [0.1, 0.15) is 19.4 Å². The predicted molar refractivity (Wildman–Crippen MR) is 57.5 cm³/mol. The van der Waals surface area contributed by atoms with Gasteiger partial charge in [0.1, 0.15) is 5.82 Å². The Balaban J connectivity index is 0.000000531. The van der Waals surface area contributed by atoms with Crippen LogP contribution in [0.15, 0.2) is 18.3 Å². The summed E-state index contributed by atoms with van der Waals surface area (Å²) < 4.78 is 25.0. The SMILES string of the molecule is CC.Cc1ccc(N2CC(F)(F)C2)nc1. The van der Waals surface area contributed by atoms with Gasteiger partial charge in [-0.1, -0.05) is 19.9 Å². The van der Waals surface area contributed by atoms with Crippen LogP contribution in [0.5, 0.6) is 0 Å². The Kier molecular flexibility index (Phi) is 3.61. The lowest BCUT2D eigenvalue weighted by atomic mass is 10.1. The molecule has 1 aliphatic rings. The van der Waals surface area contributed by atoms with Crippen LogP contribution < -0.4 is 4.90 Å². The highest BCUT2D eigenvalue weighted by molar-refractivity contribution is 5.43. The van der Waals surface area contributed by atoms with Gasteiger partial charge in [-0.3, -0.25) is 0 Å². The maximum absolute atomic E-state index is 12.5.